The van der Waals surface area contributed by atoms with Crippen molar-refractivity contribution in [2.45, 2.75) is 51.6 Å². The number of hydrogen-bond acceptors (Lipinski definition) is 2. The maximum absolute atomic E-state index is 6.49. The summed E-state index contributed by atoms with van der Waals surface area (Å²) in [5, 5.41) is 4.14. The van der Waals surface area contributed by atoms with E-state index in [1.54, 1.807) is 0 Å². The highest BCUT2D eigenvalue weighted by Gasteiger charge is 2.23. The van der Waals surface area contributed by atoms with Gasteiger partial charge in [-0.2, -0.15) is 0 Å². The van der Waals surface area contributed by atoms with Crippen molar-refractivity contribution >= 4 is 17.3 Å². The quantitative estimate of drug-likeness (QED) is 0.869. The van der Waals surface area contributed by atoms with Crippen LogP contribution in [0.3, 0.4) is 0 Å². The van der Waals surface area contributed by atoms with E-state index in [1.165, 1.54) is 43.4 Å². The number of benzene rings is 1. The van der Waals surface area contributed by atoms with Gasteiger partial charge in [-0.15, -0.1) is 0 Å². The normalized spacial score (nSPS) is 16.6. The van der Waals surface area contributed by atoms with E-state index < -0.39 is 0 Å². The van der Waals surface area contributed by atoms with E-state index in [1.807, 2.05) is 19.2 Å². The Hall–Kier alpha value is -0.730. The average Bonchev–Trinajstić information content (AvgIpc) is 2.44. The van der Waals surface area contributed by atoms with Gasteiger partial charge in [-0.1, -0.05) is 43.0 Å². The van der Waals surface area contributed by atoms with Crippen LogP contribution in [0, 0.1) is 0 Å². The van der Waals surface area contributed by atoms with Crippen molar-refractivity contribution in [3.05, 3.63) is 28.8 Å². The van der Waals surface area contributed by atoms with Gasteiger partial charge in [0.2, 0.25) is 0 Å². The summed E-state index contributed by atoms with van der Waals surface area (Å²) in [6.07, 6.45) is 6.70. The minimum Gasteiger partial charge on any atom is -0.367 e. The summed E-state index contributed by atoms with van der Waals surface area (Å²) in [7, 11) is 1.99. The molecule has 0 atom stereocenters. The molecule has 0 spiro atoms. The molecule has 1 fully saturated rings. The molecule has 1 aliphatic rings. The molecule has 1 saturated carbocycles. The molecule has 1 aliphatic carbocycles. The zero-order valence-corrected chi connectivity index (χ0v) is 12.8. The van der Waals surface area contributed by atoms with Crippen LogP contribution >= 0.6 is 11.6 Å². The van der Waals surface area contributed by atoms with Crippen LogP contribution in [0.2, 0.25) is 5.02 Å². The van der Waals surface area contributed by atoms with Crippen LogP contribution in [0.5, 0.6) is 0 Å². The topological polar surface area (TPSA) is 15.3 Å². The van der Waals surface area contributed by atoms with Gasteiger partial charge in [0.1, 0.15) is 0 Å². The highest BCUT2D eigenvalue weighted by Crippen LogP contribution is 2.34. The smallest absolute Gasteiger partial charge is 0.0643 e. The van der Waals surface area contributed by atoms with Gasteiger partial charge in [-0.05, 0) is 38.4 Å². The summed E-state index contributed by atoms with van der Waals surface area (Å²) < 4.78 is 0. The van der Waals surface area contributed by atoms with Crippen molar-refractivity contribution in [1.29, 1.82) is 0 Å². The van der Waals surface area contributed by atoms with Crippen molar-refractivity contribution in [1.82, 2.24) is 5.32 Å². The lowest BCUT2D eigenvalue weighted by Gasteiger charge is -2.37. The van der Waals surface area contributed by atoms with Crippen molar-refractivity contribution in [3.8, 4) is 0 Å². The van der Waals surface area contributed by atoms with Crippen molar-refractivity contribution in [2.24, 2.45) is 0 Å². The lowest BCUT2D eigenvalue weighted by atomic mass is 9.93. The van der Waals surface area contributed by atoms with E-state index in [0.29, 0.717) is 6.04 Å². The molecule has 0 radical (unpaired) electrons. The lowest BCUT2D eigenvalue weighted by Crippen LogP contribution is -2.37. The fourth-order valence-electron chi connectivity index (χ4n) is 3.21. The molecule has 0 bridgehead atoms. The Bertz CT molecular complexity index is 400. The summed E-state index contributed by atoms with van der Waals surface area (Å²) in [5.41, 5.74) is 2.55. The van der Waals surface area contributed by atoms with E-state index >= 15 is 0 Å². The number of nitrogens with zero attached hydrogens (tertiary/aromatic N) is 1. The minimum atomic E-state index is 0.661. The van der Waals surface area contributed by atoms with Crippen molar-refractivity contribution in [3.63, 3.8) is 0 Å². The Morgan fingerprint density at radius 3 is 2.63 bits per heavy atom. The van der Waals surface area contributed by atoms with E-state index in [9.17, 15) is 0 Å². The van der Waals surface area contributed by atoms with Gasteiger partial charge in [0.05, 0.1) is 10.7 Å². The zero-order valence-electron chi connectivity index (χ0n) is 12.1. The van der Waals surface area contributed by atoms with Crippen LogP contribution in [0.1, 0.15) is 44.6 Å². The lowest BCUT2D eigenvalue weighted by molar-refractivity contribution is 0.417. The molecule has 2 rings (SSSR count). The van der Waals surface area contributed by atoms with Crippen LogP contribution < -0.4 is 10.2 Å². The number of hydrogen-bond donors (Lipinski definition) is 1. The molecule has 0 saturated heterocycles. The van der Waals surface area contributed by atoms with Crippen molar-refractivity contribution in [2.75, 3.05) is 18.5 Å². The van der Waals surface area contributed by atoms with E-state index in [2.05, 4.69) is 23.2 Å². The highest BCUT2D eigenvalue weighted by molar-refractivity contribution is 6.33. The number of nitrogens with one attached hydrogen (secondary N) is 1. The number of anilines is 1. The van der Waals surface area contributed by atoms with Gasteiger partial charge in [-0.3, -0.25) is 0 Å². The predicted molar refractivity (Wildman–Crippen MR) is 84.1 cm³/mol. The molecule has 19 heavy (non-hydrogen) atoms. The Kier molecular flexibility index (Phi) is 5.53. The Balaban J connectivity index is 2.30. The largest absolute Gasteiger partial charge is 0.367 e. The third-order valence-electron chi connectivity index (χ3n) is 4.08. The highest BCUT2D eigenvalue weighted by atomic mass is 35.5. The third-order valence-corrected chi connectivity index (χ3v) is 4.39. The van der Waals surface area contributed by atoms with E-state index in [-0.39, 0.29) is 0 Å². The average molecular weight is 281 g/mol. The van der Waals surface area contributed by atoms with Crippen LogP contribution in [-0.4, -0.2) is 19.6 Å². The maximum Gasteiger partial charge on any atom is 0.0643 e. The van der Waals surface area contributed by atoms with Crippen LogP contribution in [0.15, 0.2) is 18.2 Å². The van der Waals surface area contributed by atoms with E-state index in [0.717, 1.165) is 18.1 Å². The third kappa shape index (κ3) is 3.43. The molecular formula is C16H25ClN2. The SMILES string of the molecule is CCN(c1c(Cl)cccc1CNC)C1CCCCC1. The van der Waals surface area contributed by atoms with E-state index in [4.69, 9.17) is 11.6 Å². The molecule has 1 aromatic carbocycles. The van der Waals surface area contributed by atoms with Crippen molar-refractivity contribution < 1.29 is 0 Å². The molecule has 2 nitrogen and oxygen atoms in total. The second-order valence-corrected chi connectivity index (χ2v) is 5.76. The Morgan fingerprint density at radius 2 is 2.00 bits per heavy atom. The van der Waals surface area contributed by atoms with Gasteiger partial charge < -0.3 is 10.2 Å². The van der Waals surface area contributed by atoms with Crippen LogP contribution in [0.4, 0.5) is 5.69 Å². The Labute approximate surface area is 122 Å². The summed E-state index contributed by atoms with van der Waals surface area (Å²) in [6.45, 7) is 4.14. The van der Waals surface area contributed by atoms with Crippen LogP contribution in [0.25, 0.3) is 0 Å². The van der Waals surface area contributed by atoms with Gasteiger partial charge in [0, 0.05) is 19.1 Å². The molecule has 1 aromatic rings. The first-order valence-electron chi connectivity index (χ1n) is 7.46. The summed E-state index contributed by atoms with van der Waals surface area (Å²) in [4.78, 5) is 2.52. The fourth-order valence-corrected chi connectivity index (χ4v) is 3.51. The number of para-hydroxylation sites is 1. The molecule has 0 aliphatic heterocycles. The molecule has 0 aromatic heterocycles. The molecule has 3 heteroatoms. The first-order valence-corrected chi connectivity index (χ1v) is 7.84. The molecule has 0 heterocycles. The predicted octanol–water partition coefficient (Wildman–Crippen LogP) is 4.22. The first kappa shape index (κ1) is 14.7. The van der Waals surface area contributed by atoms with Gasteiger partial charge >= 0.3 is 0 Å². The number of rotatable bonds is 5. The second kappa shape index (κ2) is 7.16. The van der Waals surface area contributed by atoms with Gasteiger partial charge in [0.25, 0.3) is 0 Å². The summed E-state index contributed by atoms with van der Waals surface area (Å²) >= 11 is 6.49. The van der Waals surface area contributed by atoms with Crippen LogP contribution in [-0.2, 0) is 6.54 Å². The molecular weight excluding hydrogens is 256 g/mol. The standard InChI is InChI=1S/C16H25ClN2/c1-3-19(14-9-5-4-6-10-14)16-13(12-18-2)8-7-11-15(16)17/h7-8,11,14,18H,3-6,9-10,12H2,1-2H3. The molecule has 0 amide bonds. The monoisotopic (exact) mass is 280 g/mol. The molecule has 106 valence electrons. The summed E-state index contributed by atoms with van der Waals surface area (Å²) in [6, 6.07) is 6.91. The van der Waals surface area contributed by atoms with Gasteiger partial charge in [0.15, 0.2) is 0 Å². The zero-order chi connectivity index (χ0) is 13.7. The molecule has 1 N–H and O–H groups in total. The Morgan fingerprint density at radius 1 is 1.26 bits per heavy atom. The fraction of sp³-hybridized carbons (Fsp3) is 0.625. The minimum absolute atomic E-state index is 0.661. The van der Waals surface area contributed by atoms with Gasteiger partial charge in [-0.25, -0.2) is 0 Å². The maximum atomic E-state index is 6.49. The second-order valence-electron chi connectivity index (χ2n) is 5.36. The molecule has 0 unspecified atom stereocenters. The number of halogens is 1. The summed E-state index contributed by atoms with van der Waals surface area (Å²) in [5.74, 6) is 0. The first-order chi connectivity index (χ1) is 9.27.